The molecule has 0 aromatic heterocycles. The van der Waals surface area contributed by atoms with Crippen LogP contribution in [0.3, 0.4) is 0 Å². The Hall–Kier alpha value is -1.22. The van der Waals surface area contributed by atoms with E-state index in [9.17, 15) is 0 Å². The normalized spacial score (nSPS) is 18.7. The maximum atomic E-state index is 6.11. The Balaban J connectivity index is 2.06. The third-order valence-corrected chi connectivity index (χ3v) is 3.53. The van der Waals surface area contributed by atoms with E-state index in [-0.39, 0.29) is 5.60 Å². The van der Waals surface area contributed by atoms with Crippen molar-refractivity contribution in [2.75, 3.05) is 13.7 Å². The summed E-state index contributed by atoms with van der Waals surface area (Å²) >= 11 is 0. The van der Waals surface area contributed by atoms with Crippen LogP contribution in [0.4, 0.5) is 0 Å². The Morgan fingerprint density at radius 3 is 2.18 bits per heavy atom. The summed E-state index contributed by atoms with van der Waals surface area (Å²) < 4.78 is 11.2. The van der Waals surface area contributed by atoms with Crippen molar-refractivity contribution in [2.24, 2.45) is 5.73 Å². The lowest BCUT2D eigenvalue weighted by molar-refractivity contribution is 0.0386. The van der Waals surface area contributed by atoms with Crippen molar-refractivity contribution in [3.8, 4) is 11.5 Å². The second kappa shape index (κ2) is 5.41. The average molecular weight is 235 g/mol. The first-order chi connectivity index (χ1) is 8.28. The van der Waals surface area contributed by atoms with Crippen LogP contribution in [0.15, 0.2) is 24.3 Å². The van der Waals surface area contributed by atoms with Gasteiger partial charge in [0, 0.05) is 6.54 Å². The number of methoxy groups -OCH3 is 1. The molecule has 0 saturated heterocycles. The fraction of sp³-hybridized carbons (Fsp3) is 0.571. The van der Waals surface area contributed by atoms with Gasteiger partial charge in [0.2, 0.25) is 0 Å². The summed E-state index contributed by atoms with van der Waals surface area (Å²) in [5, 5.41) is 0. The molecule has 1 aliphatic carbocycles. The highest BCUT2D eigenvalue weighted by Crippen LogP contribution is 2.32. The molecule has 3 nitrogen and oxygen atoms in total. The summed E-state index contributed by atoms with van der Waals surface area (Å²) in [7, 11) is 1.67. The van der Waals surface area contributed by atoms with Crippen LogP contribution in [0.5, 0.6) is 11.5 Å². The molecule has 0 spiro atoms. The van der Waals surface area contributed by atoms with Gasteiger partial charge in [-0.3, -0.25) is 0 Å². The van der Waals surface area contributed by atoms with Gasteiger partial charge in [-0.15, -0.1) is 0 Å². The van der Waals surface area contributed by atoms with Gasteiger partial charge in [0.05, 0.1) is 7.11 Å². The summed E-state index contributed by atoms with van der Waals surface area (Å²) in [4.78, 5) is 0. The molecule has 1 saturated carbocycles. The summed E-state index contributed by atoms with van der Waals surface area (Å²) in [5.74, 6) is 1.74. The Kier molecular flexibility index (Phi) is 3.89. The first kappa shape index (κ1) is 12.2. The second-order valence-electron chi connectivity index (χ2n) is 4.73. The molecule has 1 aromatic rings. The SMILES string of the molecule is COc1ccc(OC2(CN)CCCCC2)cc1. The van der Waals surface area contributed by atoms with Crippen molar-refractivity contribution in [1.82, 2.24) is 0 Å². The van der Waals surface area contributed by atoms with Gasteiger partial charge in [-0.05, 0) is 49.9 Å². The van der Waals surface area contributed by atoms with E-state index in [1.807, 2.05) is 24.3 Å². The van der Waals surface area contributed by atoms with Crippen molar-refractivity contribution in [1.29, 1.82) is 0 Å². The van der Waals surface area contributed by atoms with E-state index in [1.54, 1.807) is 7.11 Å². The van der Waals surface area contributed by atoms with Gasteiger partial charge in [0.15, 0.2) is 0 Å². The first-order valence-corrected chi connectivity index (χ1v) is 6.31. The lowest BCUT2D eigenvalue weighted by atomic mass is 9.84. The van der Waals surface area contributed by atoms with Crippen molar-refractivity contribution < 1.29 is 9.47 Å². The molecular formula is C14H21NO2. The van der Waals surface area contributed by atoms with E-state index in [4.69, 9.17) is 15.2 Å². The predicted molar refractivity (Wildman–Crippen MR) is 68.5 cm³/mol. The van der Waals surface area contributed by atoms with Crippen molar-refractivity contribution in [3.05, 3.63) is 24.3 Å². The Morgan fingerprint density at radius 2 is 1.65 bits per heavy atom. The summed E-state index contributed by atoms with van der Waals surface area (Å²) in [6, 6.07) is 7.74. The van der Waals surface area contributed by atoms with Gasteiger partial charge in [-0.25, -0.2) is 0 Å². The summed E-state index contributed by atoms with van der Waals surface area (Å²) in [6.45, 7) is 0.596. The van der Waals surface area contributed by atoms with Crippen LogP contribution in [-0.4, -0.2) is 19.3 Å². The van der Waals surface area contributed by atoms with E-state index in [2.05, 4.69) is 0 Å². The van der Waals surface area contributed by atoms with Gasteiger partial charge in [0.1, 0.15) is 17.1 Å². The van der Waals surface area contributed by atoms with Crippen LogP contribution in [0.25, 0.3) is 0 Å². The summed E-state index contributed by atoms with van der Waals surface area (Å²) in [6.07, 6.45) is 5.86. The van der Waals surface area contributed by atoms with Crippen LogP contribution < -0.4 is 15.2 Å². The predicted octanol–water partition coefficient (Wildman–Crippen LogP) is 2.74. The molecule has 0 heterocycles. The fourth-order valence-corrected chi connectivity index (χ4v) is 2.44. The smallest absolute Gasteiger partial charge is 0.121 e. The topological polar surface area (TPSA) is 44.5 Å². The highest BCUT2D eigenvalue weighted by Gasteiger charge is 2.32. The molecule has 1 aromatic carbocycles. The standard InChI is InChI=1S/C14H21NO2/c1-16-12-5-7-13(8-6-12)17-14(11-15)9-3-2-4-10-14/h5-8H,2-4,9-11,15H2,1H3. The molecule has 2 rings (SSSR count). The van der Waals surface area contributed by atoms with E-state index in [0.29, 0.717) is 6.54 Å². The number of ether oxygens (including phenoxy) is 2. The van der Waals surface area contributed by atoms with E-state index in [0.717, 1.165) is 24.3 Å². The molecule has 3 heteroatoms. The van der Waals surface area contributed by atoms with Crippen LogP contribution in [0.1, 0.15) is 32.1 Å². The molecule has 0 radical (unpaired) electrons. The van der Waals surface area contributed by atoms with Crippen molar-refractivity contribution in [2.45, 2.75) is 37.7 Å². The minimum absolute atomic E-state index is 0.146. The molecule has 0 atom stereocenters. The number of hydrogen-bond acceptors (Lipinski definition) is 3. The van der Waals surface area contributed by atoms with Gasteiger partial charge in [0.25, 0.3) is 0 Å². The van der Waals surface area contributed by atoms with Crippen molar-refractivity contribution >= 4 is 0 Å². The maximum absolute atomic E-state index is 6.11. The highest BCUT2D eigenvalue weighted by atomic mass is 16.5. The van der Waals surface area contributed by atoms with Gasteiger partial charge >= 0.3 is 0 Å². The number of hydrogen-bond donors (Lipinski definition) is 1. The zero-order valence-electron chi connectivity index (χ0n) is 10.4. The third-order valence-electron chi connectivity index (χ3n) is 3.53. The minimum atomic E-state index is -0.146. The Labute approximate surface area is 103 Å². The van der Waals surface area contributed by atoms with E-state index < -0.39 is 0 Å². The summed E-state index contributed by atoms with van der Waals surface area (Å²) in [5.41, 5.74) is 5.75. The van der Waals surface area contributed by atoms with Gasteiger partial charge in [-0.1, -0.05) is 6.42 Å². The fourth-order valence-electron chi connectivity index (χ4n) is 2.44. The van der Waals surface area contributed by atoms with Gasteiger partial charge < -0.3 is 15.2 Å². The Bertz CT molecular complexity index is 342. The molecule has 17 heavy (non-hydrogen) atoms. The molecule has 2 N–H and O–H groups in total. The molecular weight excluding hydrogens is 214 g/mol. The largest absolute Gasteiger partial charge is 0.497 e. The van der Waals surface area contributed by atoms with Crippen LogP contribution >= 0.6 is 0 Å². The monoisotopic (exact) mass is 235 g/mol. The molecule has 1 fully saturated rings. The average Bonchev–Trinajstić information content (AvgIpc) is 2.41. The molecule has 0 unspecified atom stereocenters. The first-order valence-electron chi connectivity index (χ1n) is 6.31. The number of nitrogens with two attached hydrogens (primary N) is 1. The highest BCUT2D eigenvalue weighted by molar-refractivity contribution is 5.31. The van der Waals surface area contributed by atoms with E-state index in [1.165, 1.54) is 19.3 Å². The van der Waals surface area contributed by atoms with Gasteiger partial charge in [-0.2, -0.15) is 0 Å². The number of rotatable bonds is 4. The molecule has 0 amide bonds. The van der Waals surface area contributed by atoms with Crippen LogP contribution in [0, 0.1) is 0 Å². The van der Waals surface area contributed by atoms with Crippen LogP contribution in [-0.2, 0) is 0 Å². The lowest BCUT2D eigenvalue weighted by Crippen LogP contribution is -2.45. The zero-order valence-corrected chi connectivity index (χ0v) is 10.4. The molecule has 0 aliphatic heterocycles. The zero-order chi connectivity index (χ0) is 12.1. The molecule has 1 aliphatic rings. The molecule has 0 bridgehead atoms. The lowest BCUT2D eigenvalue weighted by Gasteiger charge is -2.36. The van der Waals surface area contributed by atoms with Crippen LogP contribution in [0.2, 0.25) is 0 Å². The quantitative estimate of drug-likeness (QED) is 0.872. The maximum Gasteiger partial charge on any atom is 0.121 e. The van der Waals surface area contributed by atoms with Crippen molar-refractivity contribution in [3.63, 3.8) is 0 Å². The second-order valence-corrected chi connectivity index (χ2v) is 4.73. The van der Waals surface area contributed by atoms with E-state index >= 15 is 0 Å². The molecule has 94 valence electrons. The third kappa shape index (κ3) is 2.91. The minimum Gasteiger partial charge on any atom is -0.497 e. The number of benzene rings is 1. The Morgan fingerprint density at radius 1 is 1.06 bits per heavy atom.